The van der Waals surface area contributed by atoms with Crippen molar-refractivity contribution in [3.8, 4) is 0 Å². The van der Waals surface area contributed by atoms with Gasteiger partial charge in [0.05, 0.1) is 10.0 Å². The minimum Gasteiger partial charge on any atom is -0.337 e. The average Bonchev–Trinajstić information content (AvgIpc) is 2.86. The fraction of sp³-hybridized carbons (Fsp3) is 0.316. The highest BCUT2D eigenvalue weighted by atomic mass is 35.5. The van der Waals surface area contributed by atoms with Gasteiger partial charge in [-0.05, 0) is 37.6 Å². The molecule has 3 rings (SSSR count). The zero-order valence-electron chi connectivity index (χ0n) is 15.2. The molecule has 1 aliphatic rings. The standard InChI is InChI=1S/C19H19Cl3N2O3S/c1-13-4-2-5-14(10-13)19(25)23-6-3-7-24(9-8-23)28(26,27)18-16(21)11-15(20)12-17(18)22/h2,4-5,10-12H,3,6-9H2,1H3. The van der Waals surface area contributed by atoms with Crippen molar-refractivity contribution in [3.63, 3.8) is 0 Å². The van der Waals surface area contributed by atoms with Crippen LogP contribution in [0.4, 0.5) is 0 Å². The van der Waals surface area contributed by atoms with E-state index in [4.69, 9.17) is 34.8 Å². The Morgan fingerprint density at radius 1 is 0.964 bits per heavy atom. The predicted molar refractivity (Wildman–Crippen MR) is 112 cm³/mol. The zero-order chi connectivity index (χ0) is 20.5. The molecule has 1 amide bonds. The van der Waals surface area contributed by atoms with E-state index in [0.29, 0.717) is 18.5 Å². The monoisotopic (exact) mass is 460 g/mol. The molecule has 2 aromatic carbocycles. The van der Waals surface area contributed by atoms with Crippen molar-refractivity contribution in [1.82, 2.24) is 9.21 Å². The van der Waals surface area contributed by atoms with Crippen molar-refractivity contribution in [3.05, 3.63) is 62.6 Å². The Bertz CT molecular complexity index is 988. The molecule has 0 bridgehead atoms. The number of hydrogen-bond donors (Lipinski definition) is 0. The number of hydrogen-bond acceptors (Lipinski definition) is 3. The fourth-order valence-electron chi connectivity index (χ4n) is 3.20. The number of benzene rings is 2. The van der Waals surface area contributed by atoms with Crippen molar-refractivity contribution < 1.29 is 13.2 Å². The van der Waals surface area contributed by atoms with Crippen molar-refractivity contribution >= 4 is 50.7 Å². The summed E-state index contributed by atoms with van der Waals surface area (Å²) in [6.07, 6.45) is 0.514. The van der Waals surface area contributed by atoms with Gasteiger partial charge in [-0.3, -0.25) is 4.79 Å². The Morgan fingerprint density at radius 3 is 2.29 bits per heavy atom. The lowest BCUT2D eigenvalue weighted by Gasteiger charge is -2.23. The molecule has 1 aliphatic heterocycles. The molecular formula is C19H19Cl3N2O3S. The van der Waals surface area contributed by atoms with E-state index in [-0.39, 0.29) is 45.5 Å². The zero-order valence-corrected chi connectivity index (χ0v) is 18.2. The van der Waals surface area contributed by atoms with Crippen molar-refractivity contribution in [2.24, 2.45) is 0 Å². The molecule has 0 aliphatic carbocycles. The minimum absolute atomic E-state index is 0.0190. The Morgan fingerprint density at radius 2 is 1.64 bits per heavy atom. The number of carbonyl (C=O) groups is 1. The van der Waals surface area contributed by atoms with E-state index < -0.39 is 10.0 Å². The van der Waals surface area contributed by atoms with E-state index >= 15 is 0 Å². The highest BCUT2D eigenvalue weighted by Gasteiger charge is 2.32. The van der Waals surface area contributed by atoms with Crippen LogP contribution < -0.4 is 0 Å². The van der Waals surface area contributed by atoms with E-state index in [1.807, 2.05) is 25.1 Å². The first-order valence-electron chi connectivity index (χ1n) is 8.71. The summed E-state index contributed by atoms with van der Waals surface area (Å²) in [5, 5.41) is 0.226. The highest BCUT2D eigenvalue weighted by molar-refractivity contribution is 7.89. The van der Waals surface area contributed by atoms with E-state index in [0.717, 1.165) is 5.56 Å². The second-order valence-electron chi connectivity index (χ2n) is 6.62. The second-order valence-corrected chi connectivity index (χ2v) is 9.74. The van der Waals surface area contributed by atoms with Crippen LogP contribution in [0.3, 0.4) is 0 Å². The number of sulfonamides is 1. The molecule has 0 radical (unpaired) electrons. The highest BCUT2D eigenvalue weighted by Crippen LogP contribution is 2.34. The van der Waals surface area contributed by atoms with Crippen LogP contribution in [0.1, 0.15) is 22.3 Å². The Kier molecular flexibility index (Phi) is 6.57. The van der Waals surface area contributed by atoms with Gasteiger partial charge in [-0.25, -0.2) is 8.42 Å². The third kappa shape index (κ3) is 4.47. The first kappa shape index (κ1) is 21.4. The number of rotatable bonds is 3. The molecule has 1 fully saturated rings. The van der Waals surface area contributed by atoms with Gasteiger partial charge in [0.25, 0.3) is 5.91 Å². The molecule has 0 saturated carbocycles. The molecule has 1 heterocycles. The molecule has 0 unspecified atom stereocenters. The van der Waals surface area contributed by atoms with E-state index in [9.17, 15) is 13.2 Å². The largest absolute Gasteiger partial charge is 0.337 e. The summed E-state index contributed by atoms with van der Waals surface area (Å²) in [7, 11) is -3.91. The van der Waals surface area contributed by atoms with Crippen LogP contribution in [0.25, 0.3) is 0 Å². The number of aryl methyl sites for hydroxylation is 1. The number of amides is 1. The third-order valence-corrected chi connectivity index (χ3v) is 7.61. The van der Waals surface area contributed by atoms with Crippen LogP contribution in [-0.4, -0.2) is 49.7 Å². The molecule has 9 heteroatoms. The maximum absolute atomic E-state index is 13.1. The normalized spacial score (nSPS) is 16.1. The molecule has 0 N–H and O–H groups in total. The summed E-state index contributed by atoms with van der Waals surface area (Å²) in [5.74, 6) is -0.106. The Hall–Kier alpha value is -1.31. The van der Waals surface area contributed by atoms with E-state index in [1.54, 1.807) is 11.0 Å². The molecule has 2 aromatic rings. The summed E-state index contributed by atoms with van der Waals surface area (Å²) in [6.45, 7) is 3.12. The number of carbonyl (C=O) groups excluding carboxylic acids is 1. The smallest absolute Gasteiger partial charge is 0.253 e. The molecular weight excluding hydrogens is 443 g/mol. The van der Waals surface area contributed by atoms with Crippen molar-refractivity contribution in [2.75, 3.05) is 26.2 Å². The molecule has 0 atom stereocenters. The van der Waals surface area contributed by atoms with Gasteiger partial charge in [0.2, 0.25) is 10.0 Å². The maximum Gasteiger partial charge on any atom is 0.253 e. The van der Waals surface area contributed by atoms with Crippen LogP contribution in [0, 0.1) is 6.92 Å². The number of halogens is 3. The summed E-state index contributed by atoms with van der Waals surface area (Å²) < 4.78 is 27.5. The van der Waals surface area contributed by atoms with Gasteiger partial charge in [-0.15, -0.1) is 0 Å². The van der Waals surface area contributed by atoms with Gasteiger partial charge < -0.3 is 4.90 Å². The minimum atomic E-state index is -3.91. The average molecular weight is 462 g/mol. The van der Waals surface area contributed by atoms with Crippen LogP contribution >= 0.6 is 34.8 Å². The molecule has 150 valence electrons. The molecule has 28 heavy (non-hydrogen) atoms. The molecule has 1 saturated heterocycles. The first-order valence-corrected chi connectivity index (χ1v) is 11.3. The lowest BCUT2D eigenvalue weighted by atomic mass is 10.1. The fourth-order valence-corrected chi connectivity index (χ4v) is 6.16. The SMILES string of the molecule is Cc1cccc(C(=O)N2CCCN(S(=O)(=O)c3c(Cl)cc(Cl)cc3Cl)CC2)c1. The third-order valence-electron chi connectivity index (χ3n) is 4.57. The quantitative estimate of drug-likeness (QED) is 0.676. The summed E-state index contributed by atoms with van der Waals surface area (Å²) in [6, 6.07) is 10.1. The van der Waals surface area contributed by atoms with Gasteiger partial charge in [0.1, 0.15) is 4.90 Å². The lowest BCUT2D eigenvalue weighted by Crippen LogP contribution is -2.37. The molecule has 0 spiro atoms. The van der Waals surface area contributed by atoms with Gasteiger partial charge in [-0.2, -0.15) is 4.31 Å². The van der Waals surface area contributed by atoms with E-state index in [1.165, 1.54) is 16.4 Å². The topological polar surface area (TPSA) is 57.7 Å². The van der Waals surface area contributed by atoms with Crippen molar-refractivity contribution in [1.29, 1.82) is 0 Å². The number of nitrogens with zero attached hydrogens (tertiary/aromatic N) is 2. The Labute approximate surface area is 179 Å². The van der Waals surface area contributed by atoms with Crippen LogP contribution in [-0.2, 0) is 10.0 Å². The van der Waals surface area contributed by atoms with Crippen LogP contribution in [0.5, 0.6) is 0 Å². The first-order chi connectivity index (χ1) is 13.2. The van der Waals surface area contributed by atoms with Crippen molar-refractivity contribution in [2.45, 2.75) is 18.2 Å². The molecule has 5 nitrogen and oxygen atoms in total. The summed E-state index contributed by atoms with van der Waals surface area (Å²) in [5.41, 5.74) is 1.59. The van der Waals surface area contributed by atoms with Gasteiger partial charge in [0, 0.05) is 36.8 Å². The summed E-state index contributed by atoms with van der Waals surface area (Å²) in [4.78, 5) is 14.3. The van der Waals surface area contributed by atoms with Crippen LogP contribution in [0.15, 0.2) is 41.3 Å². The predicted octanol–water partition coefficient (Wildman–Crippen LogP) is 4.49. The van der Waals surface area contributed by atoms with Gasteiger partial charge in [-0.1, -0.05) is 52.5 Å². The van der Waals surface area contributed by atoms with Gasteiger partial charge in [0.15, 0.2) is 0 Å². The molecule has 0 aromatic heterocycles. The Balaban J connectivity index is 1.81. The van der Waals surface area contributed by atoms with Crippen LogP contribution in [0.2, 0.25) is 15.1 Å². The second kappa shape index (κ2) is 8.59. The lowest BCUT2D eigenvalue weighted by molar-refractivity contribution is 0.0764. The van der Waals surface area contributed by atoms with E-state index in [2.05, 4.69) is 0 Å². The summed E-state index contributed by atoms with van der Waals surface area (Å²) >= 11 is 18.1. The maximum atomic E-state index is 13.1. The van der Waals surface area contributed by atoms with Gasteiger partial charge >= 0.3 is 0 Å².